The molecule has 5 nitrogen and oxygen atoms in total. The van der Waals surface area contributed by atoms with Crippen LogP contribution in [0.25, 0.3) is 5.69 Å². The molecule has 0 aliphatic rings. The van der Waals surface area contributed by atoms with Crippen LogP contribution in [0.2, 0.25) is 0 Å². The number of carbonyl (C=O) groups excluding carboxylic acids is 1. The number of rotatable bonds is 6. The van der Waals surface area contributed by atoms with Gasteiger partial charge in [0, 0.05) is 11.4 Å². The molecule has 0 spiro atoms. The number of hydrogen-bond acceptors (Lipinski definition) is 4. The number of thioether (sulfide) groups is 1. The standard InChI is InChI=1S/C19H20N4OS/c1-3-15-9-11-16(12-10-15)21-18(24)14(2)25-19-22-20-13-23(19)17-7-5-4-6-8-17/h4-14H,3H2,1-2H3,(H,21,24). The molecule has 0 bridgehead atoms. The van der Waals surface area contributed by atoms with Gasteiger partial charge in [-0.3, -0.25) is 9.36 Å². The van der Waals surface area contributed by atoms with E-state index in [1.54, 1.807) is 6.33 Å². The molecule has 2 aromatic carbocycles. The largest absolute Gasteiger partial charge is 0.325 e. The van der Waals surface area contributed by atoms with Gasteiger partial charge in [-0.1, -0.05) is 49.0 Å². The third kappa shape index (κ3) is 4.28. The molecule has 1 aromatic heterocycles. The highest BCUT2D eigenvalue weighted by atomic mass is 32.2. The SMILES string of the molecule is CCc1ccc(NC(=O)C(C)Sc2nncn2-c2ccccc2)cc1. The number of anilines is 1. The number of nitrogens with zero attached hydrogens (tertiary/aromatic N) is 3. The van der Waals surface area contributed by atoms with Crippen LogP contribution in [0.15, 0.2) is 66.1 Å². The first-order chi connectivity index (χ1) is 12.2. The Hall–Kier alpha value is -2.60. The van der Waals surface area contributed by atoms with Crippen molar-refractivity contribution in [2.45, 2.75) is 30.7 Å². The van der Waals surface area contributed by atoms with Crippen LogP contribution in [0.3, 0.4) is 0 Å². The molecule has 6 heteroatoms. The van der Waals surface area contributed by atoms with Gasteiger partial charge in [-0.25, -0.2) is 0 Å². The zero-order valence-corrected chi connectivity index (χ0v) is 15.0. The molecule has 1 N–H and O–H groups in total. The van der Waals surface area contributed by atoms with Crippen molar-refractivity contribution >= 4 is 23.4 Å². The molecule has 0 saturated carbocycles. The summed E-state index contributed by atoms with van der Waals surface area (Å²) < 4.78 is 1.88. The van der Waals surface area contributed by atoms with Gasteiger partial charge in [0.25, 0.3) is 0 Å². The van der Waals surface area contributed by atoms with Gasteiger partial charge in [0.1, 0.15) is 6.33 Å². The summed E-state index contributed by atoms with van der Waals surface area (Å²) in [6.45, 7) is 3.97. The van der Waals surface area contributed by atoms with Gasteiger partial charge < -0.3 is 5.32 Å². The predicted octanol–water partition coefficient (Wildman–Crippen LogP) is 3.95. The van der Waals surface area contributed by atoms with Crippen molar-refractivity contribution in [3.8, 4) is 5.69 Å². The van der Waals surface area contributed by atoms with Gasteiger partial charge in [-0.2, -0.15) is 0 Å². The molecule has 25 heavy (non-hydrogen) atoms. The first-order valence-electron chi connectivity index (χ1n) is 8.19. The van der Waals surface area contributed by atoms with Crippen molar-refractivity contribution in [2.24, 2.45) is 0 Å². The van der Waals surface area contributed by atoms with E-state index in [0.29, 0.717) is 5.16 Å². The molecule has 1 heterocycles. The van der Waals surface area contributed by atoms with E-state index < -0.39 is 0 Å². The fourth-order valence-corrected chi connectivity index (χ4v) is 3.19. The van der Waals surface area contributed by atoms with Crippen molar-refractivity contribution in [2.75, 3.05) is 5.32 Å². The summed E-state index contributed by atoms with van der Waals surface area (Å²) in [5, 5.41) is 11.5. The van der Waals surface area contributed by atoms with Crippen LogP contribution in [0.1, 0.15) is 19.4 Å². The van der Waals surface area contributed by atoms with Gasteiger partial charge in [0.15, 0.2) is 5.16 Å². The van der Waals surface area contributed by atoms with Crippen LogP contribution in [0.5, 0.6) is 0 Å². The fraction of sp³-hybridized carbons (Fsp3) is 0.211. The van der Waals surface area contributed by atoms with Gasteiger partial charge in [-0.15, -0.1) is 10.2 Å². The lowest BCUT2D eigenvalue weighted by Crippen LogP contribution is -2.22. The van der Waals surface area contributed by atoms with Crippen molar-refractivity contribution in [1.29, 1.82) is 0 Å². The highest BCUT2D eigenvalue weighted by Crippen LogP contribution is 2.24. The lowest BCUT2D eigenvalue weighted by molar-refractivity contribution is -0.115. The third-order valence-corrected chi connectivity index (χ3v) is 4.89. The Labute approximate surface area is 151 Å². The van der Waals surface area contributed by atoms with Crippen LogP contribution < -0.4 is 5.32 Å². The summed E-state index contributed by atoms with van der Waals surface area (Å²) in [7, 11) is 0. The van der Waals surface area contributed by atoms with Crippen LogP contribution in [0, 0.1) is 0 Å². The summed E-state index contributed by atoms with van der Waals surface area (Å²) >= 11 is 1.38. The molecular formula is C19H20N4OS. The average Bonchev–Trinajstić information content (AvgIpc) is 3.11. The molecule has 0 aliphatic carbocycles. The Bertz CT molecular complexity index is 830. The zero-order valence-electron chi connectivity index (χ0n) is 14.2. The predicted molar refractivity (Wildman–Crippen MR) is 101 cm³/mol. The lowest BCUT2D eigenvalue weighted by atomic mass is 10.1. The quantitative estimate of drug-likeness (QED) is 0.683. The third-order valence-electron chi connectivity index (χ3n) is 3.83. The molecular weight excluding hydrogens is 332 g/mol. The number of aryl methyl sites for hydroxylation is 1. The molecule has 1 unspecified atom stereocenters. The number of aromatic nitrogens is 3. The van der Waals surface area contributed by atoms with Crippen LogP contribution >= 0.6 is 11.8 Å². The molecule has 3 aromatic rings. The number of para-hydroxylation sites is 1. The average molecular weight is 352 g/mol. The molecule has 0 fully saturated rings. The van der Waals surface area contributed by atoms with Crippen molar-refractivity contribution in [3.63, 3.8) is 0 Å². The summed E-state index contributed by atoms with van der Waals surface area (Å²) in [6, 6.07) is 17.8. The summed E-state index contributed by atoms with van der Waals surface area (Å²) in [4.78, 5) is 12.5. The van der Waals surface area contributed by atoms with E-state index >= 15 is 0 Å². The first kappa shape index (κ1) is 17.2. The van der Waals surface area contributed by atoms with E-state index in [0.717, 1.165) is 17.8 Å². The number of amides is 1. The minimum atomic E-state index is -0.294. The van der Waals surface area contributed by atoms with Crippen molar-refractivity contribution < 1.29 is 4.79 Å². The summed E-state index contributed by atoms with van der Waals surface area (Å²) in [5.41, 5.74) is 3.02. The van der Waals surface area contributed by atoms with Crippen LogP contribution in [-0.4, -0.2) is 25.9 Å². The normalized spacial score (nSPS) is 11.9. The Kier molecular flexibility index (Phi) is 5.50. The Morgan fingerprint density at radius 2 is 1.88 bits per heavy atom. The Balaban J connectivity index is 1.67. The smallest absolute Gasteiger partial charge is 0.237 e. The second-order valence-corrected chi connectivity index (χ2v) is 6.93. The Morgan fingerprint density at radius 3 is 2.56 bits per heavy atom. The molecule has 0 aliphatic heterocycles. The maximum atomic E-state index is 12.5. The van der Waals surface area contributed by atoms with Crippen molar-refractivity contribution in [1.82, 2.24) is 14.8 Å². The molecule has 128 valence electrons. The Morgan fingerprint density at radius 1 is 1.16 bits per heavy atom. The molecule has 1 amide bonds. The number of carbonyl (C=O) groups is 1. The maximum Gasteiger partial charge on any atom is 0.237 e. The second kappa shape index (κ2) is 7.98. The molecule has 0 saturated heterocycles. The minimum absolute atomic E-state index is 0.0585. The maximum absolute atomic E-state index is 12.5. The number of hydrogen-bond donors (Lipinski definition) is 1. The second-order valence-electron chi connectivity index (χ2n) is 5.62. The van der Waals surface area contributed by atoms with Gasteiger partial charge in [0.05, 0.1) is 5.25 Å². The van der Waals surface area contributed by atoms with E-state index in [1.807, 2.05) is 66.1 Å². The topological polar surface area (TPSA) is 59.8 Å². The van der Waals surface area contributed by atoms with Crippen LogP contribution in [-0.2, 0) is 11.2 Å². The van der Waals surface area contributed by atoms with Crippen molar-refractivity contribution in [3.05, 3.63) is 66.5 Å². The van der Waals surface area contributed by atoms with Gasteiger partial charge >= 0.3 is 0 Å². The van der Waals surface area contributed by atoms with E-state index in [4.69, 9.17) is 0 Å². The number of benzene rings is 2. The van der Waals surface area contributed by atoms with E-state index in [9.17, 15) is 4.79 Å². The van der Waals surface area contributed by atoms with Crippen LogP contribution in [0.4, 0.5) is 5.69 Å². The summed E-state index contributed by atoms with van der Waals surface area (Å²) in [5.74, 6) is -0.0585. The van der Waals surface area contributed by atoms with E-state index in [2.05, 4.69) is 22.4 Å². The number of nitrogens with one attached hydrogen (secondary N) is 1. The molecule has 3 rings (SSSR count). The first-order valence-corrected chi connectivity index (χ1v) is 9.07. The molecule has 1 atom stereocenters. The van der Waals surface area contributed by atoms with Gasteiger partial charge in [-0.05, 0) is 43.2 Å². The fourth-order valence-electron chi connectivity index (χ4n) is 2.35. The monoisotopic (exact) mass is 352 g/mol. The highest BCUT2D eigenvalue weighted by Gasteiger charge is 2.18. The highest BCUT2D eigenvalue weighted by molar-refractivity contribution is 8.00. The van der Waals surface area contributed by atoms with E-state index in [-0.39, 0.29) is 11.2 Å². The zero-order chi connectivity index (χ0) is 17.6. The van der Waals surface area contributed by atoms with Gasteiger partial charge in [0.2, 0.25) is 5.91 Å². The summed E-state index contributed by atoms with van der Waals surface area (Å²) in [6.07, 6.45) is 2.64. The molecule has 0 radical (unpaired) electrons. The minimum Gasteiger partial charge on any atom is -0.325 e. The lowest BCUT2D eigenvalue weighted by Gasteiger charge is -2.12. The van der Waals surface area contributed by atoms with E-state index in [1.165, 1.54) is 17.3 Å².